The molecular formula is C13H22. The fourth-order valence-corrected chi connectivity index (χ4v) is 1.03. The second kappa shape index (κ2) is 11.2. The van der Waals surface area contributed by atoms with Crippen molar-refractivity contribution in [3.05, 3.63) is 36.5 Å². The van der Waals surface area contributed by atoms with Crippen LogP contribution in [0, 0.1) is 0 Å². The summed E-state index contributed by atoms with van der Waals surface area (Å²) in [5.74, 6) is 0. The van der Waals surface area contributed by atoms with Crippen LogP contribution in [0.3, 0.4) is 0 Å². The predicted molar refractivity (Wildman–Crippen MR) is 61.9 cm³/mol. The van der Waals surface area contributed by atoms with Gasteiger partial charge >= 0.3 is 0 Å². The van der Waals surface area contributed by atoms with Gasteiger partial charge in [0.1, 0.15) is 0 Å². The minimum absolute atomic E-state index is 1.12. The average molecular weight is 178 g/mol. The highest BCUT2D eigenvalue weighted by atomic mass is 13.9. The van der Waals surface area contributed by atoms with Gasteiger partial charge < -0.3 is 0 Å². The topological polar surface area (TPSA) is 0 Å². The summed E-state index contributed by atoms with van der Waals surface area (Å²) in [5, 5.41) is 0. The maximum Gasteiger partial charge on any atom is -0.0348 e. The van der Waals surface area contributed by atoms with Crippen molar-refractivity contribution < 1.29 is 0 Å². The van der Waals surface area contributed by atoms with Crippen LogP contribution in [-0.4, -0.2) is 0 Å². The Balaban J connectivity index is 3.29. The fourth-order valence-electron chi connectivity index (χ4n) is 1.03. The Morgan fingerprint density at radius 2 is 1.46 bits per heavy atom. The zero-order valence-corrected chi connectivity index (χ0v) is 9.00. The predicted octanol–water partition coefficient (Wildman–Crippen LogP) is 4.65. The third-order valence-electron chi connectivity index (χ3n) is 1.82. The number of hydrogen-bond acceptors (Lipinski definition) is 0. The molecule has 0 aromatic rings. The van der Waals surface area contributed by atoms with Crippen LogP contribution in [-0.2, 0) is 0 Å². The molecular weight excluding hydrogens is 156 g/mol. The lowest BCUT2D eigenvalue weighted by Crippen LogP contribution is -1.69. The lowest BCUT2D eigenvalue weighted by molar-refractivity contribution is 0.729. The monoisotopic (exact) mass is 178 g/mol. The molecule has 0 N–H and O–H groups in total. The standard InChI is InChI=1S/C13H22/c1-3-5-7-9-11-13-12-10-8-6-4-2/h5,7,9,11-13H,3-4,6,8,10H2,1-2H3. The van der Waals surface area contributed by atoms with Gasteiger partial charge in [0.25, 0.3) is 0 Å². The van der Waals surface area contributed by atoms with E-state index in [1.54, 1.807) is 0 Å². The van der Waals surface area contributed by atoms with Crippen molar-refractivity contribution in [1.29, 1.82) is 0 Å². The normalized spacial score (nSPS) is 12.5. The average Bonchev–Trinajstić information content (AvgIpc) is 2.16. The van der Waals surface area contributed by atoms with Gasteiger partial charge in [0, 0.05) is 0 Å². The Kier molecular flexibility index (Phi) is 10.5. The van der Waals surface area contributed by atoms with E-state index in [4.69, 9.17) is 0 Å². The third kappa shape index (κ3) is 11.2. The summed E-state index contributed by atoms with van der Waals surface area (Å²) < 4.78 is 0. The van der Waals surface area contributed by atoms with Crippen LogP contribution in [0.15, 0.2) is 36.5 Å². The SMILES string of the molecule is CCC=CC=CC=CCCCCC. The van der Waals surface area contributed by atoms with Gasteiger partial charge in [-0.1, -0.05) is 63.1 Å². The molecule has 0 nitrogen and oxygen atoms in total. The first-order valence-electron chi connectivity index (χ1n) is 5.40. The lowest BCUT2D eigenvalue weighted by atomic mass is 10.2. The summed E-state index contributed by atoms with van der Waals surface area (Å²) in [6.07, 6.45) is 19.1. The number of hydrogen-bond donors (Lipinski definition) is 0. The molecule has 0 fully saturated rings. The van der Waals surface area contributed by atoms with E-state index >= 15 is 0 Å². The molecule has 0 aliphatic carbocycles. The van der Waals surface area contributed by atoms with Crippen LogP contribution in [0.5, 0.6) is 0 Å². The highest BCUT2D eigenvalue weighted by Gasteiger charge is 1.79. The maximum atomic E-state index is 2.24. The summed E-state index contributed by atoms with van der Waals surface area (Å²) in [5.41, 5.74) is 0. The highest BCUT2D eigenvalue weighted by molar-refractivity contribution is 5.10. The van der Waals surface area contributed by atoms with E-state index in [0.717, 1.165) is 6.42 Å². The second-order valence-electron chi connectivity index (χ2n) is 3.15. The summed E-state index contributed by atoms with van der Waals surface area (Å²) in [7, 11) is 0. The Bertz CT molecular complexity index is 161. The first kappa shape index (κ1) is 12.2. The van der Waals surface area contributed by atoms with E-state index in [1.165, 1.54) is 25.7 Å². The van der Waals surface area contributed by atoms with Crippen LogP contribution in [0.2, 0.25) is 0 Å². The van der Waals surface area contributed by atoms with Crippen molar-refractivity contribution >= 4 is 0 Å². The van der Waals surface area contributed by atoms with E-state index in [2.05, 4.69) is 50.3 Å². The summed E-state index contributed by atoms with van der Waals surface area (Å²) in [6, 6.07) is 0. The van der Waals surface area contributed by atoms with Gasteiger partial charge in [0.05, 0.1) is 0 Å². The van der Waals surface area contributed by atoms with Crippen LogP contribution >= 0.6 is 0 Å². The number of unbranched alkanes of at least 4 members (excludes halogenated alkanes) is 3. The van der Waals surface area contributed by atoms with Crippen LogP contribution < -0.4 is 0 Å². The Morgan fingerprint density at radius 1 is 0.769 bits per heavy atom. The van der Waals surface area contributed by atoms with Crippen LogP contribution in [0.4, 0.5) is 0 Å². The zero-order chi connectivity index (χ0) is 9.78. The zero-order valence-electron chi connectivity index (χ0n) is 9.00. The molecule has 0 spiro atoms. The van der Waals surface area contributed by atoms with Gasteiger partial charge in [-0.05, 0) is 19.3 Å². The molecule has 0 rings (SSSR count). The lowest BCUT2D eigenvalue weighted by Gasteiger charge is -1.89. The number of rotatable bonds is 7. The van der Waals surface area contributed by atoms with Crippen molar-refractivity contribution in [1.82, 2.24) is 0 Å². The Hall–Kier alpha value is -0.780. The molecule has 0 radical (unpaired) electrons. The quantitative estimate of drug-likeness (QED) is 0.393. The van der Waals surface area contributed by atoms with Crippen molar-refractivity contribution in [2.75, 3.05) is 0 Å². The third-order valence-corrected chi connectivity index (χ3v) is 1.82. The molecule has 0 aliphatic heterocycles. The van der Waals surface area contributed by atoms with Gasteiger partial charge in [-0.2, -0.15) is 0 Å². The molecule has 0 heteroatoms. The van der Waals surface area contributed by atoms with Crippen LogP contribution in [0.1, 0.15) is 46.0 Å². The van der Waals surface area contributed by atoms with Crippen molar-refractivity contribution in [3.63, 3.8) is 0 Å². The summed E-state index contributed by atoms with van der Waals surface area (Å²) in [4.78, 5) is 0. The number of allylic oxidation sites excluding steroid dienone is 6. The van der Waals surface area contributed by atoms with Crippen molar-refractivity contribution in [2.45, 2.75) is 46.0 Å². The molecule has 74 valence electrons. The molecule has 0 aliphatic rings. The molecule has 13 heavy (non-hydrogen) atoms. The highest BCUT2D eigenvalue weighted by Crippen LogP contribution is 1.99. The van der Waals surface area contributed by atoms with Crippen molar-refractivity contribution in [2.24, 2.45) is 0 Å². The largest absolute Gasteiger partial charge is 0.0848 e. The Morgan fingerprint density at radius 3 is 2.08 bits per heavy atom. The molecule has 0 amide bonds. The molecule has 0 saturated heterocycles. The maximum absolute atomic E-state index is 2.24. The minimum atomic E-state index is 1.12. The van der Waals surface area contributed by atoms with Gasteiger partial charge in [-0.15, -0.1) is 0 Å². The van der Waals surface area contributed by atoms with E-state index in [-0.39, 0.29) is 0 Å². The van der Waals surface area contributed by atoms with Gasteiger partial charge in [0.15, 0.2) is 0 Å². The summed E-state index contributed by atoms with van der Waals surface area (Å²) in [6.45, 7) is 4.38. The van der Waals surface area contributed by atoms with E-state index in [1.807, 2.05) is 0 Å². The van der Waals surface area contributed by atoms with Gasteiger partial charge in [-0.3, -0.25) is 0 Å². The second-order valence-corrected chi connectivity index (χ2v) is 3.15. The first-order valence-corrected chi connectivity index (χ1v) is 5.40. The Labute approximate surface area is 83.0 Å². The molecule has 0 heterocycles. The first-order chi connectivity index (χ1) is 6.41. The van der Waals surface area contributed by atoms with E-state index < -0.39 is 0 Å². The summed E-state index contributed by atoms with van der Waals surface area (Å²) >= 11 is 0. The smallest absolute Gasteiger partial charge is 0.0348 e. The van der Waals surface area contributed by atoms with Gasteiger partial charge in [0.2, 0.25) is 0 Å². The molecule has 0 bridgehead atoms. The van der Waals surface area contributed by atoms with Crippen LogP contribution in [0.25, 0.3) is 0 Å². The van der Waals surface area contributed by atoms with Gasteiger partial charge in [-0.25, -0.2) is 0 Å². The molecule has 0 saturated carbocycles. The molecule has 0 aromatic carbocycles. The van der Waals surface area contributed by atoms with E-state index in [0.29, 0.717) is 0 Å². The fraction of sp³-hybridized carbons (Fsp3) is 0.538. The minimum Gasteiger partial charge on any atom is -0.0848 e. The molecule has 0 aromatic heterocycles. The van der Waals surface area contributed by atoms with Crippen molar-refractivity contribution in [3.8, 4) is 0 Å². The molecule has 0 unspecified atom stereocenters. The van der Waals surface area contributed by atoms with E-state index in [9.17, 15) is 0 Å². The molecule has 0 atom stereocenters.